The van der Waals surface area contributed by atoms with Gasteiger partial charge < -0.3 is 29.0 Å². The molecule has 22 heteroatoms. The molecule has 3 aromatic heterocycles. The molecule has 0 aliphatic carbocycles. The summed E-state index contributed by atoms with van der Waals surface area (Å²) in [4.78, 5) is 64.4. The van der Waals surface area contributed by atoms with Crippen LogP contribution in [0, 0.1) is 0 Å². The van der Waals surface area contributed by atoms with Crippen molar-refractivity contribution in [3.63, 3.8) is 0 Å². The summed E-state index contributed by atoms with van der Waals surface area (Å²) < 4.78 is 65.3. The van der Waals surface area contributed by atoms with Crippen LogP contribution in [0.15, 0.2) is 89.6 Å². The fourth-order valence-corrected chi connectivity index (χ4v) is 6.32. The number of ketones is 1. The molecule has 1 N–H and O–H groups in total. The average molecular weight is 917 g/mol. The van der Waals surface area contributed by atoms with Crippen molar-refractivity contribution in [2.24, 2.45) is 0 Å². The van der Waals surface area contributed by atoms with Gasteiger partial charge in [0.15, 0.2) is 5.78 Å². The maximum atomic E-state index is 13.2. The highest BCUT2D eigenvalue weighted by Crippen LogP contribution is 2.26. The Kier molecular flexibility index (Phi) is 16.3. The molecule has 0 atom stereocenters. The summed E-state index contributed by atoms with van der Waals surface area (Å²) in [7, 11) is 0. The van der Waals surface area contributed by atoms with Gasteiger partial charge in [0.2, 0.25) is 5.89 Å². The summed E-state index contributed by atoms with van der Waals surface area (Å²) in [5.41, 5.74) is 2.96. The van der Waals surface area contributed by atoms with E-state index in [1.54, 1.807) is 86.3 Å². The molecule has 0 bridgehead atoms. The predicted octanol–water partition coefficient (Wildman–Crippen LogP) is 6.94. The van der Waals surface area contributed by atoms with E-state index in [0.717, 1.165) is 0 Å². The van der Waals surface area contributed by atoms with Crippen molar-refractivity contribution in [3.05, 3.63) is 118 Å². The van der Waals surface area contributed by atoms with Gasteiger partial charge in [-0.15, -0.1) is 10.2 Å². The SMILES string of the molecule is O=C(CNC(=O)C(F)F)c1ccc(CN(C(=O)N2CCOCC2)c2ccc(Cl)cc2)nc1.O=C(N1CCOCC1)N(Cc1ccc(-c2nnc(C(F)F)o2)cn1)c1ccc(Cl)cc1. The molecule has 7 rings (SSSR count). The summed E-state index contributed by atoms with van der Waals surface area (Å²) in [5, 5.41) is 9.88. The second kappa shape index (κ2) is 22.2. The summed E-state index contributed by atoms with van der Waals surface area (Å²) in [6.07, 6.45) is -3.30. The second-order valence-corrected chi connectivity index (χ2v) is 14.5. The number of amides is 5. The minimum Gasteiger partial charge on any atom is -0.415 e. The molecule has 0 saturated carbocycles. The fraction of sp³-hybridized carbons (Fsp3) is 0.317. The lowest BCUT2D eigenvalue weighted by atomic mass is 10.1. The first-order chi connectivity index (χ1) is 30.4. The molecular weight excluding hydrogens is 877 g/mol. The smallest absolute Gasteiger partial charge is 0.325 e. The highest BCUT2D eigenvalue weighted by Gasteiger charge is 2.27. The molecule has 2 aliphatic heterocycles. The van der Waals surface area contributed by atoms with Gasteiger partial charge in [-0.1, -0.05) is 23.2 Å². The third kappa shape index (κ3) is 12.9. The number of pyridine rings is 2. The number of benzene rings is 2. The van der Waals surface area contributed by atoms with Crippen LogP contribution in [0.4, 0.5) is 38.5 Å². The summed E-state index contributed by atoms with van der Waals surface area (Å²) in [6.45, 7) is 3.58. The Morgan fingerprint density at radius 3 is 1.57 bits per heavy atom. The van der Waals surface area contributed by atoms with Gasteiger partial charge in [0.05, 0.1) is 63.0 Å². The molecule has 0 spiro atoms. The molecule has 16 nitrogen and oxygen atoms in total. The molecule has 5 aromatic rings. The molecule has 2 aromatic carbocycles. The van der Waals surface area contributed by atoms with E-state index < -0.39 is 37.0 Å². The van der Waals surface area contributed by atoms with Crippen molar-refractivity contribution < 1.29 is 50.6 Å². The van der Waals surface area contributed by atoms with Crippen LogP contribution in [0.5, 0.6) is 0 Å². The zero-order valence-electron chi connectivity index (χ0n) is 33.2. The first-order valence-corrected chi connectivity index (χ1v) is 20.0. The van der Waals surface area contributed by atoms with E-state index in [4.69, 9.17) is 37.1 Å². The Labute approximate surface area is 367 Å². The summed E-state index contributed by atoms with van der Waals surface area (Å²) in [5.74, 6) is -2.86. The molecule has 2 saturated heterocycles. The summed E-state index contributed by atoms with van der Waals surface area (Å²) >= 11 is 12.0. The number of Topliss-reactive ketones (excluding diaryl/α,β-unsaturated/α-hetero) is 1. The van der Waals surface area contributed by atoms with Gasteiger partial charge in [-0.05, 0) is 72.8 Å². The Bertz CT molecular complexity index is 2300. The van der Waals surface area contributed by atoms with Gasteiger partial charge in [-0.3, -0.25) is 29.4 Å². The molecular formula is C41H39Cl2F4N9O7. The van der Waals surface area contributed by atoms with Crippen LogP contribution >= 0.6 is 23.2 Å². The zero-order chi connectivity index (χ0) is 44.9. The standard InChI is InChI=1S/C21H21ClF2N4O4.C20H18ClF2N5O3/c22-15-2-5-17(6-3-15)28(21(31)27-7-9-32-10-8-27)13-16-4-1-14(11-25-16)18(29)12-26-20(30)19(23)24;21-14-2-5-16(6-3-14)28(20(29)27-7-9-30-10-8-27)12-15-4-1-13(11-24-15)18-25-26-19(31-18)17(22)23/h1-6,11,19H,7-10,12-13H2,(H,26,30);1-6,11,17H,7-10,12H2. The number of hydrogen-bond acceptors (Lipinski definition) is 11. The second-order valence-electron chi connectivity index (χ2n) is 13.7. The number of hydrogen-bond donors (Lipinski definition) is 1. The number of nitrogens with one attached hydrogen (secondary N) is 1. The number of halogens is 6. The van der Waals surface area contributed by atoms with Gasteiger partial charge in [0, 0.05) is 65.6 Å². The van der Waals surface area contributed by atoms with Crippen LogP contribution in [0.2, 0.25) is 10.0 Å². The van der Waals surface area contributed by atoms with E-state index in [9.17, 15) is 36.7 Å². The number of urea groups is 2. The lowest BCUT2D eigenvalue weighted by Crippen LogP contribution is -2.48. The Hall–Kier alpha value is -6.22. The van der Waals surface area contributed by atoms with Crippen molar-refractivity contribution >= 4 is 58.3 Å². The number of carbonyl (C=O) groups excluding carboxylic acids is 4. The van der Waals surface area contributed by atoms with Gasteiger partial charge in [-0.2, -0.15) is 17.6 Å². The van der Waals surface area contributed by atoms with Crippen LogP contribution in [-0.2, 0) is 27.4 Å². The Morgan fingerprint density at radius 2 is 1.16 bits per heavy atom. The Morgan fingerprint density at radius 1 is 0.667 bits per heavy atom. The van der Waals surface area contributed by atoms with Crippen molar-refractivity contribution in [2.45, 2.75) is 25.9 Å². The Balaban J connectivity index is 0.000000210. The van der Waals surface area contributed by atoms with Crippen LogP contribution < -0.4 is 15.1 Å². The summed E-state index contributed by atoms with van der Waals surface area (Å²) in [6, 6.07) is 19.7. The molecule has 2 fully saturated rings. The topological polar surface area (TPSA) is 176 Å². The van der Waals surface area contributed by atoms with E-state index >= 15 is 0 Å². The van der Waals surface area contributed by atoms with Crippen LogP contribution in [-0.4, -0.2) is 119 Å². The number of ether oxygens (including phenoxy) is 2. The molecule has 332 valence electrons. The molecule has 5 heterocycles. The van der Waals surface area contributed by atoms with Crippen molar-refractivity contribution in [1.29, 1.82) is 0 Å². The number of alkyl halides is 4. The number of aromatic nitrogens is 4. The first kappa shape index (κ1) is 46.3. The average Bonchev–Trinajstić information content (AvgIpc) is 3.82. The highest BCUT2D eigenvalue weighted by atomic mass is 35.5. The van der Waals surface area contributed by atoms with Crippen LogP contribution in [0.1, 0.15) is 34.1 Å². The number of morpholine rings is 2. The molecule has 0 radical (unpaired) electrons. The number of rotatable bonds is 12. The largest absolute Gasteiger partial charge is 0.415 e. The maximum Gasteiger partial charge on any atom is 0.325 e. The zero-order valence-corrected chi connectivity index (χ0v) is 34.7. The third-order valence-electron chi connectivity index (χ3n) is 9.41. The molecule has 63 heavy (non-hydrogen) atoms. The van der Waals surface area contributed by atoms with E-state index in [1.807, 2.05) is 5.32 Å². The fourth-order valence-electron chi connectivity index (χ4n) is 6.07. The lowest BCUT2D eigenvalue weighted by Gasteiger charge is -2.33. The van der Waals surface area contributed by atoms with Crippen molar-refractivity contribution in [3.8, 4) is 11.5 Å². The third-order valence-corrected chi connectivity index (χ3v) is 9.91. The monoisotopic (exact) mass is 915 g/mol. The molecule has 5 amide bonds. The van der Waals surface area contributed by atoms with E-state index in [2.05, 4.69) is 20.2 Å². The van der Waals surface area contributed by atoms with Crippen LogP contribution in [0.3, 0.4) is 0 Å². The number of anilines is 2. The number of carbonyl (C=O) groups is 4. The minimum atomic E-state index is -3.19. The van der Waals surface area contributed by atoms with Crippen LogP contribution in [0.25, 0.3) is 11.5 Å². The quantitative estimate of drug-likeness (QED) is 0.101. The highest BCUT2D eigenvalue weighted by molar-refractivity contribution is 6.31. The first-order valence-electron chi connectivity index (χ1n) is 19.3. The van der Waals surface area contributed by atoms with E-state index in [1.165, 1.54) is 18.5 Å². The van der Waals surface area contributed by atoms with Gasteiger partial charge in [-0.25, -0.2) is 9.59 Å². The van der Waals surface area contributed by atoms with Crippen molar-refractivity contribution in [1.82, 2.24) is 35.3 Å². The van der Waals surface area contributed by atoms with Crippen molar-refractivity contribution in [2.75, 3.05) is 69.0 Å². The predicted molar refractivity (Wildman–Crippen MR) is 221 cm³/mol. The lowest BCUT2D eigenvalue weighted by molar-refractivity contribution is -0.131. The van der Waals surface area contributed by atoms with E-state index in [-0.39, 0.29) is 36.6 Å². The minimum absolute atomic E-state index is 0.0479. The van der Waals surface area contributed by atoms with Gasteiger partial charge >= 0.3 is 24.9 Å². The normalized spacial score (nSPS) is 13.9. The van der Waals surface area contributed by atoms with E-state index in [0.29, 0.717) is 91.0 Å². The molecule has 0 unspecified atom stereocenters. The molecule has 2 aliphatic rings. The van der Waals surface area contributed by atoms with Gasteiger partial charge in [0.25, 0.3) is 11.8 Å². The van der Waals surface area contributed by atoms with Gasteiger partial charge in [0.1, 0.15) is 0 Å². The number of nitrogens with zero attached hydrogens (tertiary/aromatic N) is 8. The maximum absolute atomic E-state index is 13.2.